The molecule has 0 unspecified atom stereocenters. The number of nitrogens with two attached hydrogens (primary N) is 1. The fraction of sp³-hybridized carbons (Fsp3) is 0.611. The number of esters is 1. The Morgan fingerprint density at radius 1 is 1.09 bits per heavy atom. The van der Waals surface area contributed by atoms with Crippen LogP contribution < -0.4 is 10.6 Å². The lowest BCUT2D eigenvalue weighted by atomic mass is 10.1. The topological polar surface area (TPSA) is 55.6 Å². The van der Waals surface area contributed by atoms with Crippen molar-refractivity contribution in [2.45, 2.75) is 51.5 Å². The molecule has 0 aliphatic heterocycles. The summed E-state index contributed by atoms with van der Waals surface area (Å²) in [6.07, 6.45) is 7.04. The van der Waals surface area contributed by atoms with E-state index in [9.17, 15) is 4.79 Å². The molecule has 0 radical (unpaired) electrons. The van der Waals surface area contributed by atoms with Crippen LogP contribution >= 0.6 is 0 Å². The summed E-state index contributed by atoms with van der Waals surface area (Å²) in [6, 6.07) is 6.97. The Morgan fingerprint density at radius 3 is 2.27 bits per heavy atom. The molecule has 0 spiro atoms. The lowest BCUT2D eigenvalue weighted by molar-refractivity contribution is -0.145. The number of carbonyl (C=O) groups is 1. The number of unbranched alkanes of at least 4 members (excludes halogenated alkanes) is 5. The summed E-state index contributed by atoms with van der Waals surface area (Å²) in [5.41, 5.74) is 7.83. The molecule has 0 saturated carbocycles. The Kier molecular flexibility index (Phi) is 8.60. The quantitative estimate of drug-likeness (QED) is 0.529. The van der Waals surface area contributed by atoms with Gasteiger partial charge in [0.1, 0.15) is 6.04 Å². The number of rotatable bonds is 10. The van der Waals surface area contributed by atoms with Crippen molar-refractivity contribution < 1.29 is 9.53 Å². The Morgan fingerprint density at radius 2 is 1.68 bits per heavy atom. The van der Waals surface area contributed by atoms with Gasteiger partial charge < -0.3 is 15.4 Å². The largest absolute Gasteiger partial charge is 0.464 e. The van der Waals surface area contributed by atoms with Gasteiger partial charge in [0.25, 0.3) is 0 Å². The molecule has 0 aliphatic carbocycles. The monoisotopic (exact) mass is 306 g/mol. The third-order valence-electron chi connectivity index (χ3n) is 3.76. The zero-order valence-electron chi connectivity index (χ0n) is 14.2. The molecule has 0 amide bonds. The summed E-state index contributed by atoms with van der Waals surface area (Å²) in [4.78, 5) is 13.9. The van der Waals surface area contributed by atoms with E-state index < -0.39 is 6.04 Å². The van der Waals surface area contributed by atoms with Crippen molar-refractivity contribution in [3.63, 3.8) is 0 Å². The second kappa shape index (κ2) is 10.2. The summed E-state index contributed by atoms with van der Waals surface area (Å²) < 4.78 is 5.27. The number of hydrogen-bond acceptors (Lipinski definition) is 4. The van der Waals surface area contributed by atoms with Gasteiger partial charge in [0.2, 0.25) is 0 Å². The van der Waals surface area contributed by atoms with Gasteiger partial charge in [-0.2, -0.15) is 0 Å². The van der Waals surface area contributed by atoms with Crippen LogP contribution in [0.5, 0.6) is 0 Å². The normalized spacial score (nSPS) is 12.0. The van der Waals surface area contributed by atoms with Crippen LogP contribution in [0.1, 0.15) is 57.1 Å². The molecule has 0 heterocycles. The van der Waals surface area contributed by atoms with Gasteiger partial charge in [-0.25, -0.2) is 4.79 Å². The van der Waals surface area contributed by atoms with Crippen LogP contribution in [0, 0.1) is 0 Å². The van der Waals surface area contributed by atoms with Crippen LogP contribution in [-0.4, -0.2) is 26.7 Å². The maximum atomic E-state index is 11.9. The van der Waals surface area contributed by atoms with Crippen LogP contribution in [0.4, 0.5) is 5.69 Å². The van der Waals surface area contributed by atoms with Gasteiger partial charge >= 0.3 is 5.97 Å². The predicted molar refractivity (Wildman–Crippen MR) is 92.0 cm³/mol. The molecule has 0 aliphatic rings. The summed E-state index contributed by atoms with van der Waals surface area (Å²) in [7, 11) is 3.95. The third-order valence-corrected chi connectivity index (χ3v) is 3.76. The van der Waals surface area contributed by atoms with Gasteiger partial charge in [0, 0.05) is 19.8 Å². The molecule has 0 fully saturated rings. The molecule has 4 heteroatoms. The summed E-state index contributed by atoms with van der Waals surface area (Å²) in [5, 5.41) is 0. The molecule has 1 aromatic rings. The van der Waals surface area contributed by atoms with Crippen molar-refractivity contribution in [2.24, 2.45) is 5.73 Å². The Hall–Kier alpha value is -1.55. The molecule has 0 aromatic heterocycles. The van der Waals surface area contributed by atoms with E-state index in [0.717, 1.165) is 24.1 Å². The first-order chi connectivity index (χ1) is 10.6. The average Bonchev–Trinajstić information content (AvgIpc) is 2.53. The summed E-state index contributed by atoms with van der Waals surface area (Å²) in [5.74, 6) is -0.342. The molecule has 22 heavy (non-hydrogen) atoms. The Balaban J connectivity index is 2.29. The highest BCUT2D eigenvalue weighted by Gasteiger charge is 2.17. The van der Waals surface area contributed by atoms with Crippen LogP contribution in [-0.2, 0) is 9.53 Å². The number of anilines is 1. The lowest BCUT2D eigenvalue weighted by Gasteiger charge is -2.15. The minimum Gasteiger partial charge on any atom is -0.464 e. The second-order valence-corrected chi connectivity index (χ2v) is 5.90. The maximum Gasteiger partial charge on any atom is 0.327 e. The van der Waals surface area contributed by atoms with E-state index in [2.05, 4.69) is 6.92 Å². The lowest BCUT2D eigenvalue weighted by Crippen LogP contribution is -2.24. The first-order valence-electron chi connectivity index (χ1n) is 8.25. The first kappa shape index (κ1) is 18.5. The van der Waals surface area contributed by atoms with Crippen molar-refractivity contribution in [3.05, 3.63) is 29.8 Å². The van der Waals surface area contributed by atoms with Gasteiger partial charge in [-0.3, -0.25) is 0 Å². The molecule has 2 N–H and O–H groups in total. The SMILES string of the molecule is CCCCCCCCOC(=O)[C@@H](N)c1ccc(N(C)C)cc1. The molecule has 0 bridgehead atoms. The van der Waals surface area contributed by atoms with E-state index >= 15 is 0 Å². The molecule has 1 rings (SSSR count). The van der Waals surface area contributed by atoms with Gasteiger partial charge in [-0.15, -0.1) is 0 Å². The summed E-state index contributed by atoms with van der Waals surface area (Å²) in [6.45, 7) is 2.67. The smallest absolute Gasteiger partial charge is 0.327 e. The van der Waals surface area contributed by atoms with E-state index in [-0.39, 0.29) is 5.97 Å². The van der Waals surface area contributed by atoms with Gasteiger partial charge in [-0.1, -0.05) is 51.2 Å². The van der Waals surface area contributed by atoms with Crippen molar-refractivity contribution in [2.75, 3.05) is 25.6 Å². The molecule has 1 atom stereocenters. The number of carbonyl (C=O) groups excluding carboxylic acids is 1. The van der Waals surface area contributed by atoms with Crippen LogP contribution in [0.25, 0.3) is 0 Å². The van der Waals surface area contributed by atoms with Crippen LogP contribution in [0.15, 0.2) is 24.3 Å². The predicted octanol–water partition coefficient (Wildman–Crippen LogP) is 3.66. The maximum absolute atomic E-state index is 11.9. The summed E-state index contributed by atoms with van der Waals surface area (Å²) >= 11 is 0. The minimum atomic E-state index is -0.698. The van der Waals surface area contributed by atoms with E-state index in [1.54, 1.807) is 0 Å². The average molecular weight is 306 g/mol. The zero-order valence-corrected chi connectivity index (χ0v) is 14.2. The van der Waals surface area contributed by atoms with Gasteiger partial charge in [0.05, 0.1) is 6.61 Å². The Bertz CT molecular complexity index is 429. The highest BCUT2D eigenvalue weighted by atomic mass is 16.5. The number of ether oxygens (including phenoxy) is 1. The highest BCUT2D eigenvalue weighted by molar-refractivity contribution is 5.77. The van der Waals surface area contributed by atoms with Crippen molar-refractivity contribution in [1.82, 2.24) is 0 Å². The number of benzene rings is 1. The van der Waals surface area contributed by atoms with E-state index in [1.807, 2.05) is 43.3 Å². The van der Waals surface area contributed by atoms with Crippen molar-refractivity contribution in [1.29, 1.82) is 0 Å². The van der Waals surface area contributed by atoms with Gasteiger partial charge in [0.15, 0.2) is 0 Å². The molecule has 4 nitrogen and oxygen atoms in total. The van der Waals surface area contributed by atoms with E-state index in [0.29, 0.717) is 6.61 Å². The molecule has 124 valence electrons. The minimum absolute atomic E-state index is 0.342. The van der Waals surface area contributed by atoms with E-state index in [1.165, 1.54) is 25.7 Å². The fourth-order valence-corrected chi connectivity index (χ4v) is 2.26. The van der Waals surface area contributed by atoms with Crippen molar-refractivity contribution >= 4 is 11.7 Å². The number of nitrogens with zero attached hydrogens (tertiary/aromatic N) is 1. The van der Waals surface area contributed by atoms with Crippen molar-refractivity contribution in [3.8, 4) is 0 Å². The molecule has 0 saturated heterocycles. The first-order valence-corrected chi connectivity index (χ1v) is 8.25. The van der Waals surface area contributed by atoms with Crippen LogP contribution in [0.3, 0.4) is 0 Å². The zero-order chi connectivity index (χ0) is 16.4. The van der Waals surface area contributed by atoms with Crippen LogP contribution in [0.2, 0.25) is 0 Å². The number of hydrogen-bond donors (Lipinski definition) is 1. The van der Waals surface area contributed by atoms with Gasteiger partial charge in [-0.05, 0) is 24.1 Å². The molecule has 1 aromatic carbocycles. The standard InChI is InChI=1S/C18H30N2O2/c1-4-5-6-7-8-9-14-22-18(21)17(19)15-10-12-16(13-11-15)20(2)3/h10-13,17H,4-9,14,19H2,1-3H3/t17-/m0/s1. The second-order valence-electron chi connectivity index (χ2n) is 5.90. The Labute approximate surface area is 134 Å². The molecular weight excluding hydrogens is 276 g/mol. The van der Waals surface area contributed by atoms with E-state index in [4.69, 9.17) is 10.5 Å². The highest BCUT2D eigenvalue weighted by Crippen LogP contribution is 2.17. The molecular formula is C18H30N2O2. The third kappa shape index (κ3) is 6.48. The fourth-order valence-electron chi connectivity index (χ4n) is 2.26.